The number of allylic oxidation sites excluding steroid dienone is 1. The van der Waals surface area contributed by atoms with E-state index in [4.69, 9.17) is 32.7 Å². The summed E-state index contributed by atoms with van der Waals surface area (Å²) in [7, 11) is 0. The number of rotatable bonds is 3. The largest absolute Gasteiger partial charge is 0.452 e. The minimum atomic E-state index is -0.488. The molecular weight excluding hydrogens is 411 g/mol. The summed E-state index contributed by atoms with van der Waals surface area (Å²) in [6.07, 6.45) is 1.57. The summed E-state index contributed by atoms with van der Waals surface area (Å²) >= 11 is 12.1. The smallest absolute Gasteiger partial charge is 0.343 e. The molecule has 1 heterocycles. The van der Waals surface area contributed by atoms with E-state index in [1.165, 1.54) is 6.07 Å². The van der Waals surface area contributed by atoms with Crippen LogP contribution in [0.3, 0.4) is 0 Å². The maximum atomic E-state index is 12.8. The molecule has 144 valence electrons. The number of hydrogen-bond acceptors (Lipinski definition) is 4. The SMILES string of the molecule is Cc1cc(OC(=O)c2ccccc2)cc2c1C(=O)/C(=C/c1ccc(Cl)cc1Cl)O2. The van der Waals surface area contributed by atoms with Gasteiger partial charge in [0, 0.05) is 16.1 Å². The van der Waals surface area contributed by atoms with Crippen molar-refractivity contribution in [2.75, 3.05) is 0 Å². The summed E-state index contributed by atoms with van der Waals surface area (Å²) in [6.45, 7) is 1.76. The average molecular weight is 425 g/mol. The van der Waals surface area contributed by atoms with Crippen molar-refractivity contribution in [2.24, 2.45) is 0 Å². The van der Waals surface area contributed by atoms with Gasteiger partial charge in [0.1, 0.15) is 11.5 Å². The zero-order valence-electron chi connectivity index (χ0n) is 15.2. The van der Waals surface area contributed by atoms with Crippen LogP contribution in [0.5, 0.6) is 11.5 Å². The van der Waals surface area contributed by atoms with E-state index in [0.29, 0.717) is 43.8 Å². The minimum Gasteiger partial charge on any atom is -0.452 e. The van der Waals surface area contributed by atoms with Crippen LogP contribution in [0.25, 0.3) is 6.08 Å². The van der Waals surface area contributed by atoms with Gasteiger partial charge in [-0.05, 0) is 54.5 Å². The molecule has 1 aliphatic rings. The van der Waals surface area contributed by atoms with Crippen LogP contribution in [0.15, 0.2) is 66.4 Å². The second-order valence-corrected chi connectivity index (χ2v) is 7.32. The van der Waals surface area contributed by atoms with Gasteiger partial charge in [-0.2, -0.15) is 0 Å². The number of fused-ring (bicyclic) bond motifs is 1. The highest BCUT2D eigenvalue weighted by Crippen LogP contribution is 2.38. The van der Waals surface area contributed by atoms with E-state index in [9.17, 15) is 9.59 Å². The molecular formula is C23H14Cl2O4. The highest BCUT2D eigenvalue weighted by molar-refractivity contribution is 6.35. The summed E-state index contributed by atoms with van der Waals surface area (Å²) in [5.74, 6) is 0.0252. The van der Waals surface area contributed by atoms with Crippen LogP contribution in [0.2, 0.25) is 10.0 Å². The van der Waals surface area contributed by atoms with E-state index in [1.54, 1.807) is 61.5 Å². The Kier molecular flexibility index (Phi) is 5.14. The Labute approximate surface area is 177 Å². The molecule has 3 aromatic carbocycles. The van der Waals surface area contributed by atoms with Crippen LogP contribution < -0.4 is 9.47 Å². The van der Waals surface area contributed by atoms with Gasteiger partial charge in [-0.15, -0.1) is 0 Å². The van der Waals surface area contributed by atoms with Crippen molar-refractivity contribution in [3.05, 3.63) is 98.7 Å². The van der Waals surface area contributed by atoms with E-state index in [2.05, 4.69) is 0 Å². The first-order valence-corrected chi connectivity index (χ1v) is 9.49. The molecule has 0 bridgehead atoms. The third-order valence-corrected chi connectivity index (χ3v) is 4.98. The summed E-state index contributed by atoms with van der Waals surface area (Å²) in [4.78, 5) is 25.1. The highest BCUT2D eigenvalue weighted by Gasteiger charge is 2.30. The highest BCUT2D eigenvalue weighted by atomic mass is 35.5. The monoisotopic (exact) mass is 424 g/mol. The fourth-order valence-electron chi connectivity index (χ4n) is 3.04. The lowest BCUT2D eigenvalue weighted by atomic mass is 10.0. The quantitative estimate of drug-likeness (QED) is 0.288. The Morgan fingerprint density at radius 2 is 1.79 bits per heavy atom. The Balaban J connectivity index is 1.63. The molecule has 4 nitrogen and oxygen atoms in total. The Hall–Kier alpha value is -3.08. The lowest BCUT2D eigenvalue weighted by Crippen LogP contribution is -2.08. The number of halogens is 2. The molecule has 1 aliphatic heterocycles. The molecule has 6 heteroatoms. The molecule has 0 amide bonds. The number of ether oxygens (including phenoxy) is 2. The first-order chi connectivity index (χ1) is 13.9. The van der Waals surface area contributed by atoms with Crippen molar-refractivity contribution in [1.29, 1.82) is 0 Å². The lowest BCUT2D eigenvalue weighted by Gasteiger charge is -2.07. The van der Waals surface area contributed by atoms with Crippen LogP contribution in [0, 0.1) is 6.92 Å². The Morgan fingerprint density at radius 1 is 1.03 bits per heavy atom. The molecule has 0 saturated carbocycles. The van der Waals surface area contributed by atoms with E-state index in [1.807, 2.05) is 6.07 Å². The van der Waals surface area contributed by atoms with Crippen molar-refractivity contribution in [1.82, 2.24) is 0 Å². The maximum absolute atomic E-state index is 12.8. The number of esters is 1. The molecule has 0 aromatic heterocycles. The number of aryl methyl sites for hydroxylation is 1. The normalized spacial score (nSPS) is 13.9. The number of carbonyl (C=O) groups is 2. The van der Waals surface area contributed by atoms with Crippen molar-refractivity contribution in [3.63, 3.8) is 0 Å². The van der Waals surface area contributed by atoms with Crippen LogP contribution in [0.4, 0.5) is 0 Å². The number of ketones is 1. The van der Waals surface area contributed by atoms with Crippen LogP contribution in [-0.2, 0) is 0 Å². The fraction of sp³-hybridized carbons (Fsp3) is 0.0435. The molecule has 29 heavy (non-hydrogen) atoms. The van der Waals surface area contributed by atoms with Gasteiger partial charge in [-0.25, -0.2) is 4.79 Å². The van der Waals surface area contributed by atoms with Crippen LogP contribution >= 0.6 is 23.2 Å². The predicted molar refractivity (Wildman–Crippen MR) is 112 cm³/mol. The van der Waals surface area contributed by atoms with E-state index in [-0.39, 0.29) is 11.5 Å². The molecule has 0 N–H and O–H groups in total. The number of carbonyl (C=O) groups excluding carboxylic acids is 2. The average Bonchev–Trinajstić information content (AvgIpc) is 3.00. The number of benzene rings is 3. The molecule has 4 rings (SSSR count). The topological polar surface area (TPSA) is 52.6 Å². The van der Waals surface area contributed by atoms with Gasteiger partial charge in [0.05, 0.1) is 11.1 Å². The van der Waals surface area contributed by atoms with Gasteiger partial charge in [-0.3, -0.25) is 4.79 Å². The summed E-state index contributed by atoms with van der Waals surface area (Å²) < 4.78 is 11.2. The third kappa shape index (κ3) is 3.90. The summed E-state index contributed by atoms with van der Waals surface area (Å²) in [5, 5.41) is 0.909. The maximum Gasteiger partial charge on any atom is 0.343 e. The fourth-order valence-corrected chi connectivity index (χ4v) is 3.50. The predicted octanol–water partition coefficient (Wildman–Crippen LogP) is 6.14. The number of hydrogen-bond donors (Lipinski definition) is 0. The van der Waals surface area contributed by atoms with Gasteiger partial charge < -0.3 is 9.47 Å². The van der Waals surface area contributed by atoms with Crippen molar-refractivity contribution < 1.29 is 19.1 Å². The Morgan fingerprint density at radius 3 is 2.52 bits per heavy atom. The van der Waals surface area contributed by atoms with Crippen LogP contribution in [0.1, 0.15) is 31.8 Å². The first kappa shape index (κ1) is 19.2. The molecule has 0 aliphatic carbocycles. The standard InChI is InChI=1S/C23H14Cl2O4/c1-13-9-17(28-23(27)14-5-3-2-4-6-14)12-19-21(13)22(26)20(29-19)10-15-7-8-16(24)11-18(15)25/h2-12H,1H3/b20-10-. The second-order valence-electron chi connectivity index (χ2n) is 6.47. The van der Waals surface area contributed by atoms with Gasteiger partial charge in [0.2, 0.25) is 5.78 Å². The van der Waals surface area contributed by atoms with Crippen molar-refractivity contribution in [3.8, 4) is 11.5 Å². The van der Waals surface area contributed by atoms with Crippen molar-refractivity contribution >= 4 is 41.0 Å². The molecule has 0 unspecified atom stereocenters. The Bertz CT molecular complexity index is 1170. The van der Waals surface area contributed by atoms with Gasteiger partial charge >= 0.3 is 5.97 Å². The molecule has 0 atom stereocenters. The van der Waals surface area contributed by atoms with E-state index in [0.717, 1.165) is 0 Å². The molecule has 0 saturated heterocycles. The molecule has 0 spiro atoms. The molecule has 3 aromatic rings. The second kappa shape index (κ2) is 7.74. The summed E-state index contributed by atoms with van der Waals surface area (Å²) in [6, 6.07) is 16.8. The minimum absolute atomic E-state index is 0.138. The van der Waals surface area contributed by atoms with E-state index < -0.39 is 5.97 Å². The third-order valence-electron chi connectivity index (χ3n) is 4.41. The molecule has 0 fully saturated rings. The van der Waals surface area contributed by atoms with Gasteiger partial charge in [-0.1, -0.05) is 47.5 Å². The van der Waals surface area contributed by atoms with Gasteiger partial charge in [0.25, 0.3) is 0 Å². The van der Waals surface area contributed by atoms with Crippen LogP contribution in [-0.4, -0.2) is 11.8 Å². The number of Topliss-reactive ketones (excluding diaryl/α,β-unsaturated/α-hetero) is 1. The lowest BCUT2D eigenvalue weighted by molar-refractivity contribution is 0.0734. The summed E-state index contributed by atoms with van der Waals surface area (Å²) in [5.41, 5.74) is 2.12. The molecule has 0 radical (unpaired) electrons. The van der Waals surface area contributed by atoms with Gasteiger partial charge in [0.15, 0.2) is 5.76 Å². The van der Waals surface area contributed by atoms with E-state index >= 15 is 0 Å². The first-order valence-electron chi connectivity index (χ1n) is 8.73. The zero-order valence-corrected chi connectivity index (χ0v) is 16.8. The zero-order chi connectivity index (χ0) is 20.5. The van der Waals surface area contributed by atoms with Crippen molar-refractivity contribution in [2.45, 2.75) is 6.92 Å².